The highest BCUT2D eigenvalue weighted by Crippen LogP contribution is 2.18. The molecule has 0 unspecified atom stereocenters. The number of nitrogens with zero attached hydrogens (tertiary/aromatic N) is 1. The number of esters is 1. The van der Waals surface area contributed by atoms with Gasteiger partial charge in [-0.15, -0.1) is 0 Å². The van der Waals surface area contributed by atoms with Crippen molar-refractivity contribution in [1.82, 2.24) is 4.90 Å². The minimum atomic E-state index is -0.375. The largest absolute Gasteiger partial charge is 0.461 e. The summed E-state index contributed by atoms with van der Waals surface area (Å²) in [5.74, 6) is -0.359. The van der Waals surface area contributed by atoms with Gasteiger partial charge in [-0.2, -0.15) is 0 Å². The first-order valence-electron chi connectivity index (χ1n) is 6.96. The quantitative estimate of drug-likeness (QED) is 0.757. The number of benzene rings is 1. The fraction of sp³-hybridized carbons (Fsp3) is 0.500. The average Bonchev–Trinajstić information content (AvgIpc) is 2.45. The van der Waals surface area contributed by atoms with E-state index in [1.54, 1.807) is 38.2 Å². The highest BCUT2D eigenvalue weighted by atomic mass is 16.6. The third-order valence-corrected chi connectivity index (χ3v) is 2.85. The van der Waals surface area contributed by atoms with E-state index in [2.05, 4.69) is 0 Å². The molecule has 0 N–H and O–H groups in total. The number of carbonyl (C=O) groups is 2. The zero-order chi connectivity index (χ0) is 15.9. The Kier molecular flexibility index (Phi) is 6.21. The molecule has 5 heteroatoms. The topological polar surface area (TPSA) is 55.8 Å². The summed E-state index contributed by atoms with van der Waals surface area (Å²) < 4.78 is 10.2. The van der Waals surface area contributed by atoms with E-state index in [1.165, 1.54) is 4.90 Å². The Morgan fingerprint density at radius 3 is 2.33 bits per heavy atom. The minimum Gasteiger partial charge on any atom is -0.461 e. The Hall–Kier alpha value is -2.04. The molecule has 0 aromatic heterocycles. The molecule has 0 saturated carbocycles. The summed E-state index contributed by atoms with van der Waals surface area (Å²) in [5, 5.41) is 0. The first-order chi connectivity index (χ1) is 9.85. The number of carbonyl (C=O) groups excluding carboxylic acids is 2. The van der Waals surface area contributed by atoms with E-state index in [9.17, 15) is 9.59 Å². The molecule has 0 atom stereocenters. The Bertz CT molecular complexity index is 470. The lowest BCUT2D eigenvalue weighted by Crippen LogP contribution is -2.39. The zero-order valence-electron chi connectivity index (χ0n) is 13.1. The van der Waals surface area contributed by atoms with Gasteiger partial charge in [0.15, 0.2) is 0 Å². The summed E-state index contributed by atoms with van der Waals surface area (Å²) >= 11 is 0. The van der Waals surface area contributed by atoms with Crippen LogP contribution < -0.4 is 0 Å². The minimum absolute atomic E-state index is 0.227. The van der Waals surface area contributed by atoms with Crippen LogP contribution in [0.15, 0.2) is 30.3 Å². The van der Waals surface area contributed by atoms with Crippen LogP contribution in [0, 0.1) is 5.41 Å². The van der Waals surface area contributed by atoms with Crippen molar-refractivity contribution in [3.05, 3.63) is 35.9 Å². The Morgan fingerprint density at radius 1 is 1.14 bits per heavy atom. The molecule has 0 aliphatic heterocycles. The van der Waals surface area contributed by atoms with E-state index in [1.807, 2.05) is 19.9 Å². The Morgan fingerprint density at radius 2 is 1.76 bits per heavy atom. The van der Waals surface area contributed by atoms with Gasteiger partial charge < -0.3 is 14.4 Å². The smallest absolute Gasteiger partial charge is 0.409 e. The van der Waals surface area contributed by atoms with Crippen molar-refractivity contribution in [3.63, 3.8) is 0 Å². The van der Waals surface area contributed by atoms with Gasteiger partial charge >= 0.3 is 12.1 Å². The fourth-order valence-corrected chi connectivity index (χ4v) is 1.90. The molecule has 1 aromatic rings. The molecule has 1 amide bonds. The fourth-order valence-electron chi connectivity index (χ4n) is 1.90. The van der Waals surface area contributed by atoms with E-state index in [4.69, 9.17) is 9.47 Å². The molecule has 0 aliphatic carbocycles. The van der Waals surface area contributed by atoms with Crippen molar-refractivity contribution in [1.29, 1.82) is 0 Å². The SMILES string of the molecule is CCOC(=O)N(C)CC(C)(C)COC(=O)c1ccccc1. The van der Waals surface area contributed by atoms with Gasteiger partial charge in [-0.25, -0.2) is 9.59 Å². The highest BCUT2D eigenvalue weighted by Gasteiger charge is 2.25. The number of amides is 1. The molecule has 0 spiro atoms. The molecule has 5 nitrogen and oxygen atoms in total. The second-order valence-electron chi connectivity index (χ2n) is 5.66. The predicted octanol–water partition coefficient (Wildman–Crippen LogP) is 2.96. The van der Waals surface area contributed by atoms with Gasteiger partial charge in [0.05, 0.1) is 18.8 Å². The van der Waals surface area contributed by atoms with E-state index >= 15 is 0 Å². The van der Waals surface area contributed by atoms with Crippen LogP contribution >= 0.6 is 0 Å². The van der Waals surface area contributed by atoms with Crippen LogP contribution in [0.5, 0.6) is 0 Å². The number of hydrogen-bond donors (Lipinski definition) is 0. The van der Waals surface area contributed by atoms with Crippen molar-refractivity contribution in [3.8, 4) is 0 Å². The first kappa shape index (κ1) is 17.0. The lowest BCUT2D eigenvalue weighted by molar-refractivity contribution is 0.0276. The van der Waals surface area contributed by atoms with Crippen LogP contribution in [-0.2, 0) is 9.47 Å². The maximum Gasteiger partial charge on any atom is 0.409 e. The van der Waals surface area contributed by atoms with Crippen LogP contribution in [0.1, 0.15) is 31.1 Å². The normalized spacial score (nSPS) is 10.9. The number of ether oxygens (including phenoxy) is 2. The first-order valence-corrected chi connectivity index (χ1v) is 6.96. The summed E-state index contributed by atoms with van der Waals surface area (Å²) in [6.45, 7) is 6.63. The molecule has 0 bridgehead atoms. The summed E-state index contributed by atoms with van der Waals surface area (Å²) in [5.41, 5.74) is 0.165. The maximum absolute atomic E-state index is 11.9. The summed E-state index contributed by atoms with van der Waals surface area (Å²) in [4.78, 5) is 24.9. The van der Waals surface area contributed by atoms with Crippen molar-refractivity contribution in [2.75, 3.05) is 26.8 Å². The molecule has 0 radical (unpaired) electrons. The van der Waals surface area contributed by atoms with Gasteiger partial charge in [0.25, 0.3) is 0 Å². The van der Waals surface area contributed by atoms with Gasteiger partial charge in [-0.3, -0.25) is 0 Å². The predicted molar refractivity (Wildman–Crippen MR) is 80.2 cm³/mol. The Balaban J connectivity index is 2.49. The van der Waals surface area contributed by atoms with Crippen LogP contribution in [-0.4, -0.2) is 43.8 Å². The molecule has 0 aliphatic rings. The highest BCUT2D eigenvalue weighted by molar-refractivity contribution is 5.89. The molecule has 0 heterocycles. The third-order valence-electron chi connectivity index (χ3n) is 2.85. The van der Waals surface area contributed by atoms with Crippen molar-refractivity contribution in [2.24, 2.45) is 5.41 Å². The van der Waals surface area contributed by atoms with Crippen molar-refractivity contribution < 1.29 is 19.1 Å². The number of hydrogen-bond acceptors (Lipinski definition) is 4. The lowest BCUT2D eigenvalue weighted by Gasteiger charge is -2.29. The third kappa shape index (κ3) is 5.85. The lowest BCUT2D eigenvalue weighted by atomic mass is 9.94. The monoisotopic (exact) mass is 293 g/mol. The van der Waals surface area contributed by atoms with E-state index < -0.39 is 0 Å². The van der Waals surface area contributed by atoms with Crippen LogP contribution in [0.3, 0.4) is 0 Å². The summed E-state index contributed by atoms with van der Waals surface area (Å²) in [7, 11) is 1.67. The molecule has 116 valence electrons. The standard InChI is InChI=1S/C16H23NO4/c1-5-20-15(19)17(4)11-16(2,3)12-21-14(18)13-9-7-6-8-10-13/h6-10H,5,11-12H2,1-4H3. The second-order valence-corrected chi connectivity index (χ2v) is 5.66. The van der Waals surface area contributed by atoms with E-state index in [-0.39, 0.29) is 24.1 Å². The van der Waals surface area contributed by atoms with Gasteiger partial charge in [-0.05, 0) is 19.1 Å². The molecule has 1 rings (SSSR count). The van der Waals surface area contributed by atoms with Gasteiger partial charge in [0.1, 0.15) is 0 Å². The van der Waals surface area contributed by atoms with Gasteiger partial charge in [-0.1, -0.05) is 32.0 Å². The Labute approximate surface area is 125 Å². The van der Waals surface area contributed by atoms with Crippen LogP contribution in [0.4, 0.5) is 4.79 Å². The maximum atomic E-state index is 11.9. The summed E-state index contributed by atoms with van der Waals surface area (Å²) in [6, 6.07) is 8.84. The van der Waals surface area contributed by atoms with Crippen LogP contribution in [0.2, 0.25) is 0 Å². The molecule has 0 fully saturated rings. The molecule has 21 heavy (non-hydrogen) atoms. The molecule has 0 saturated heterocycles. The van der Waals surface area contributed by atoms with E-state index in [0.29, 0.717) is 18.7 Å². The molecular weight excluding hydrogens is 270 g/mol. The second kappa shape index (κ2) is 7.67. The molecular formula is C16H23NO4. The zero-order valence-corrected chi connectivity index (χ0v) is 13.1. The van der Waals surface area contributed by atoms with Crippen molar-refractivity contribution >= 4 is 12.1 Å². The number of rotatable bonds is 6. The van der Waals surface area contributed by atoms with Gasteiger partial charge in [0.2, 0.25) is 0 Å². The van der Waals surface area contributed by atoms with Gasteiger partial charge in [0, 0.05) is 19.0 Å². The van der Waals surface area contributed by atoms with E-state index in [0.717, 1.165) is 0 Å². The molecule has 1 aromatic carbocycles. The average molecular weight is 293 g/mol. The van der Waals surface area contributed by atoms with Crippen LogP contribution in [0.25, 0.3) is 0 Å². The van der Waals surface area contributed by atoms with Crippen molar-refractivity contribution in [2.45, 2.75) is 20.8 Å². The summed E-state index contributed by atoms with van der Waals surface area (Å²) in [6.07, 6.45) is -0.375.